The molecular weight excluding hydrogens is 478 g/mol. The van der Waals surface area contributed by atoms with Crippen LogP contribution in [-0.4, -0.2) is 21.7 Å². The molecule has 0 spiro atoms. The first-order valence-corrected chi connectivity index (χ1v) is 12.8. The van der Waals surface area contributed by atoms with Gasteiger partial charge in [0.05, 0.1) is 11.9 Å². The summed E-state index contributed by atoms with van der Waals surface area (Å²) < 4.78 is 2.17. The van der Waals surface area contributed by atoms with Crippen molar-refractivity contribution in [2.75, 3.05) is 5.32 Å². The number of carbonyl (C=O) groups is 1. The van der Waals surface area contributed by atoms with Crippen molar-refractivity contribution in [2.24, 2.45) is 5.10 Å². The normalized spacial score (nSPS) is 11.1. The van der Waals surface area contributed by atoms with Crippen molar-refractivity contribution in [2.45, 2.75) is 20.8 Å². The molecule has 3 aromatic carbocycles. The molecule has 6 nitrogen and oxygen atoms in total. The second kappa shape index (κ2) is 10.6. The van der Waals surface area contributed by atoms with Gasteiger partial charge in [0.15, 0.2) is 5.13 Å². The molecule has 5 rings (SSSR count). The van der Waals surface area contributed by atoms with E-state index in [1.165, 1.54) is 5.56 Å². The molecular formula is C30H27N5OS. The third-order valence-electron chi connectivity index (χ3n) is 6.10. The molecule has 0 aliphatic heterocycles. The number of nitrogens with zero attached hydrogens (tertiary/aromatic N) is 3. The Kier molecular flexibility index (Phi) is 6.96. The van der Waals surface area contributed by atoms with E-state index in [-0.39, 0.29) is 5.91 Å². The lowest BCUT2D eigenvalue weighted by Crippen LogP contribution is -2.17. The van der Waals surface area contributed by atoms with E-state index in [1.807, 2.05) is 54.8 Å². The molecule has 1 amide bonds. The van der Waals surface area contributed by atoms with Crippen LogP contribution in [0.2, 0.25) is 0 Å². The fourth-order valence-electron chi connectivity index (χ4n) is 4.13. The Bertz CT molecular complexity index is 1550. The Morgan fingerprint density at radius 1 is 0.946 bits per heavy atom. The summed E-state index contributed by atoms with van der Waals surface area (Å²) >= 11 is 1.54. The van der Waals surface area contributed by atoms with Crippen LogP contribution in [0.5, 0.6) is 0 Å². The van der Waals surface area contributed by atoms with Gasteiger partial charge in [0, 0.05) is 44.8 Å². The molecule has 0 bridgehead atoms. The van der Waals surface area contributed by atoms with Crippen molar-refractivity contribution in [3.8, 4) is 16.9 Å². The number of aromatic nitrogens is 2. The number of para-hydroxylation sites is 1. The third kappa shape index (κ3) is 5.52. The number of hydrogen-bond acceptors (Lipinski definition) is 5. The highest BCUT2D eigenvalue weighted by Gasteiger charge is 2.10. The van der Waals surface area contributed by atoms with Gasteiger partial charge in [-0.25, -0.2) is 10.4 Å². The number of nitrogens with one attached hydrogen (secondary N) is 2. The van der Waals surface area contributed by atoms with Crippen molar-refractivity contribution >= 4 is 34.3 Å². The van der Waals surface area contributed by atoms with E-state index < -0.39 is 0 Å². The fraction of sp³-hybridized carbons (Fsp3) is 0.100. The number of amides is 1. The smallest absolute Gasteiger partial charge is 0.271 e. The van der Waals surface area contributed by atoms with Crippen LogP contribution in [0.15, 0.2) is 95.4 Å². The summed E-state index contributed by atoms with van der Waals surface area (Å²) in [5.74, 6) is -0.264. The van der Waals surface area contributed by atoms with E-state index in [4.69, 9.17) is 0 Å². The molecule has 0 aliphatic rings. The number of thiazole rings is 1. The Morgan fingerprint density at radius 3 is 2.41 bits per heavy atom. The van der Waals surface area contributed by atoms with Crippen LogP contribution in [0.3, 0.4) is 0 Å². The van der Waals surface area contributed by atoms with Crippen molar-refractivity contribution < 1.29 is 4.79 Å². The van der Waals surface area contributed by atoms with Gasteiger partial charge in [0.25, 0.3) is 5.91 Å². The molecule has 0 saturated carbocycles. The van der Waals surface area contributed by atoms with Crippen LogP contribution >= 0.6 is 11.3 Å². The van der Waals surface area contributed by atoms with Gasteiger partial charge in [0.2, 0.25) is 0 Å². The van der Waals surface area contributed by atoms with Gasteiger partial charge in [-0.3, -0.25) is 4.79 Å². The van der Waals surface area contributed by atoms with Crippen LogP contribution < -0.4 is 10.7 Å². The standard InChI is InChI=1S/C30H27N5OS/c1-20-9-15-26(16-10-20)32-30-33-28(19-37-30)23-11-13-24(14-12-23)29(36)34-31-18-25-17-21(2)35(22(25)3)27-7-5-4-6-8-27/h4-19H,1-3H3,(H,32,33)(H,34,36)/b31-18-. The molecule has 0 saturated heterocycles. The predicted octanol–water partition coefficient (Wildman–Crippen LogP) is 7.03. The summed E-state index contributed by atoms with van der Waals surface area (Å²) in [4.78, 5) is 17.3. The summed E-state index contributed by atoms with van der Waals surface area (Å²) in [5.41, 5.74) is 11.4. The van der Waals surface area contributed by atoms with Gasteiger partial charge in [0.1, 0.15) is 0 Å². The lowest BCUT2D eigenvalue weighted by atomic mass is 10.1. The van der Waals surface area contributed by atoms with Gasteiger partial charge in [-0.2, -0.15) is 5.10 Å². The Hall–Kier alpha value is -4.49. The molecule has 0 radical (unpaired) electrons. The van der Waals surface area contributed by atoms with Gasteiger partial charge >= 0.3 is 0 Å². The highest BCUT2D eigenvalue weighted by molar-refractivity contribution is 7.14. The molecule has 0 aliphatic carbocycles. The summed E-state index contributed by atoms with van der Waals surface area (Å²) in [6.45, 7) is 6.16. The number of rotatable bonds is 7. The van der Waals surface area contributed by atoms with Crippen LogP contribution in [0.1, 0.15) is 32.9 Å². The lowest BCUT2D eigenvalue weighted by molar-refractivity contribution is 0.0955. The maximum Gasteiger partial charge on any atom is 0.271 e. The first kappa shape index (κ1) is 24.2. The van der Waals surface area contributed by atoms with E-state index >= 15 is 0 Å². The van der Waals surface area contributed by atoms with E-state index in [1.54, 1.807) is 29.7 Å². The monoisotopic (exact) mass is 505 g/mol. The second-order valence-electron chi connectivity index (χ2n) is 8.80. The average Bonchev–Trinajstić information content (AvgIpc) is 3.49. The van der Waals surface area contributed by atoms with E-state index in [0.717, 1.165) is 44.7 Å². The fourth-order valence-corrected chi connectivity index (χ4v) is 4.87. The maximum atomic E-state index is 12.6. The van der Waals surface area contributed by atoms with Crippen LogP contribution in [0, 0.1) is 20.8 Å². The van der Waals surface area contributed by atoms with E-state index in [9.17, 15) is 4.79 Å². The quantitative estimate of drug-likeness (QED) is 0.184. The molecule has 0 unspecified atom stereocenters. The summed E-state index contributed by atoms with van der Waals surface area (Å²) in [5, 5.41) is 10.4. The summed E-state index contributed by atoms with van der Waals surface area (Å²) in [7, 11) is 0. The predicted molar refractivity (Wildman–Crippen MR) is 152 cm³/mol. The number of anilines is 2. The van der Waals surface area contributed by atoms with Gasteiger partial charge in [-0.05, 0) is 63.2 Å². The lowest BCUT2D eigenvalue weighted by Gasteiger charge is -2.08. The Labute approximate surface area is 220 Å². The second-order valence-corrected chi connectivity index (χ2v) is 9.66. The van der Waals surface area contributed by atoms with Crippen LogP contribution in [0.25, 0.3) is 16.9 Å². The zero-order valence-electron chi connectivity index (χ0n) is 20.9. The number of hydrazone groups is 1. The van der Waals surface area contributed by atoms with Gasteiger partial charge < -0.3 is 9.88 Å². The minimum Gasteiger partial charge on any atom is -0.332 e. The molecule has 5 aromatic rings. The van der Waals surface area contributed by atoms with Crippen molar-refractivity contribution in [1.82, 2.24) is 15.0 Å². The number of carbonyl (C=O) groups excluding carboxylic acids is 1. The van der Waals surface area contributed by atoms with Crippen LogP contribution in [-0.2, 0) is 0 Å². The third-order valence-corrected chi connectivity index (χ3v) is 6.86. The van der Waals surface area contributed by atoms with E-state index in [0.29, 0.717) is 5.56 Å². The summed E-state index contributed by atoms with van der Waals surface area (Å²) in [6, 6.07) is 27.8. The first-order valence-electron chi connectivity index (χ1n) is 12.0. The SMILES string of the molecule is Cc1ccc(Nc2nc(-c3ccc(C(=O)N/N=C\c4cc(C)n(-c5ccccc5)c4C)cc3)cs2)cc1. The zero-order valence-corrected chi connectivity index (χ0v) is 21.7. The molecule has 7 heteroatoms. The number of hydrogen-bond donors (Lipinski definition) is 2. The largest absolute Gasteiger partial charge is 0.332 e. The average molecular weight is 506 g/mol. The van der Waals surface area contributed by atoms with Crippen LogP contribution in [0.4, 0.5) is 10.8 Å². The topological polar surface area (TPSA) is 71.3 Å². The minimum atomic E-state index is -0.264. The molecule has 0 fully saturated rings. The highest BCUT2D eigenvalue weighted by Crippen LogP contribution is 2.27. The maximum absolute atomic E-state index is 12.6. The molecule has 0 atom stereocenters. The van der Waals surface area contributed by atoms with Crippen molar-refractivity contribution in [3.63, 3.8) is 0 Å². The van der Waals surface area contributed by atoms with Crippen molar-refractivity contribution in [3.05, 3.63) is 118 Å². The Balaban J connectivity index is 1.22. The molecule has 2 aromatic heterocycles. The molecule has 184 valence electrons. The first-order chi connectivity index (χ1) is 18.0. The molecule has 2 heterocycles. The highest BCUT2D eigenvalue weighted by atomic mass is 32.1. The Morgan fingerprint density at radius 2 is 1.68 bits per heavy atom. The van der Waals surface area contributed by atoms with Crippen molar-refractivity contribution in [1.29, 1.82) is 0 Å². The minimum absolute atomic E-state index is 0.264. The summed E-state index contributed by atoms with van der Waals surface area (Å²) in [6.07, 6.45) is 1.69. The number of benzene rings is 3. The zero-order chi connectivity index (χ0) is 25.8. The number of aryl methyl sites for hydroxylation is 2. The van der Waals surface area contributed by atoms with Gasteiger partial charge in [-0.1, -0.05) is 48.0 Å². The molecule has 37 heavy (non-hydrogen) atoms. The molecule has 2 N–H and O–H groups in total. The van der Waals surface area contributed by atoms with E-state index in [2.05, 4.69) is 69.6 Å². The van der Waals surface area contributed by atoms with Gasteiger partial charge in [-0.15, -0.1) is 11.3 Å².